The molecule has 1 atom stereocenters. The Balaban J connectivity index is 2.09. The van der Waals surface area contributed by atoms with Crippen LogP contribution in [0.3, 0.4) is 0 Å². The molecule has 4 nitrogen and oxygen atoms in total. The van der Waals surface area contributed by atoms with Crippen molar-refractivity contribution in [2.24, 2.45) is 0 Å². The summed E-state index contributed by atoms with van der Waals surface area (Å²) in [5.74, 6) is -0.0691. The van der Waals surface area contributed by atoms with Crippen molar-refractivity contribution < 1.29 is 9.59 Å². The Kier molecular flexibility index (Phi) is 4.21. The first-order valence-electron chi connectivity index (χ1n) is 5.89. The summed E-state index contributed by atoms with van der Waals surface area (Å²) in [7, 11) is 0. The minimum Gasteiger partial charge on any atom is -0.345 e. The molecule has 18 heavy (non-hydrogen) atoms. The monoisotopic (exact) mass is 358 g/mol. The van der Waals surface area contributed by atoms with Crippen LogP contribution in [-0.4, -0.2) is 29.3 Å². The molecule has 0 bridgehead atoms. The standard InChI is InChI=1S/C13H15IN2O2/c1-9-13(18)16(7-6-12(17)15-9)8-10-2-4-11(14)5-3-10/h2-5,9H,6-8H2,1H3,(H,15,17). The predicted octanol–water partition coefficient (Wildman–Crippen LogP) is 1.53. The molecular weight excluding hydrogens is 343 g/mol. The van der Waals surface area contributed by atoms with Crippen molar-refractivity contribution in [3.05, 3.63) is 33.4 Å². The van der Waals surface area contributed by atoms with E-state index in [4.69, 9.17) is 0 Å². The molecule has 1 saturated heterocycles. The van der Waals surface area contributed by atoms with Gasteiger partial charge in [0.2, 0.25) is 11.8 Å². The van der Waals surface area contributed by atoms with E-state index in [1.54, 1.807) is 11.8 Å². The third-order valence-corrected chi connectivity index (χ3v) is 3.67. The van der Waals surface area contributed by atoms with Crippen LogP contribution in [0.5, 0.6) is 0 Å². The van der Waals surface area contributed by atoms with Crippen LogP contribution in [0.2, 0.25) is 0 Å². The van der Waals surface area contributed by atoms with Gasteiger partial charge >= 0.3 is 0 Å². The average molecular weight is 358 g/mol. The molecule has 1 aliphatic heterocycles. The maximum atomic E-state index is 12.1. The second-order valence-electron chi connectivity index (χ2n) is 4.43. The van der Waals surface area contributed by atoms with Gasteiger partial charge in [-0.1, -0.05) is 12.1 Å². The molecule has 2 amide bonds. The van der Waals surface area contributed by atoms with Crippen molar-refractivity contribution in [2.75, 3.05) is 6.54 Å². The summed E-state index contributed by atoms with van der Waals surface area (Å²) in [5.41, 5.74) is 1.09. The molecule has 1 aliphatic rings. The Hall–Kier alpha value is -1.11. The topological polar surface area (TPSA) is 49.4 Å². The van der Waals surface area contributed by atoms with Gasteiger partial charge in [0.05, 0.1) is 0 Å². The van der Waals surface area contributed by atoms with E-state index < -0.39 is 6.04 Å². The third kappa shape index (κ3) is 3.22. The number of nitrogens with one attached hydrogen (secondary N) is 1. The van der Waals surface area contributed by atoms with Crippen LogP contribution in [0.25, 0.3) is 0 Å². The van der Waals surface area contributed by atoms with Gasteiger partial charge in [-0.15, -0.1) is 0 Å². The van der Waals surface area contributed by atoms with Gasteiger partial charge in [-0.3, -0.25) is 9.59 Å². The van der Waals surface area contributed by atoms with Crippen molar-refractivity contribution in [1.29, 1.82) is 0 Å². The van der Waals surface area contributed by atoms with Gasteiger partial charge in [0.15, 0.2) is 0 Å². The molecule has 1 aromatic rings. The molecule has 1 heterocycles. The SMILES string of the molecule is CC1NC(=O)CCN(Cc2ccc(I)cc2)C1=O. The molecule has 1 N–H and O–H groups in total. The molecule has 2 rings (SSSR count). The molecule has 0 radical (unpaired) electrons. The quantitative estimate of drug-likeness (QED) is 0.816. The summed E-state index contributed by atoms with van der Waals surface area (Å²) in [4.78, 5) is 25.2. The van der Waals surface area contributed by atoms with Gasteiger partial charge < -0.3 is 10.2 Å². The van der Waals surface area contributed by atoms with Gasteiger partial charge in [0.1, 0.15) is 6.04 Å². The number of hydrogen-bond donors (Lipinski definition) is 1. The number of rotatable bonds is 2. The second-order valence-corrected chi connectivity index (χ2v) is 5.67. The lowest BCUT2D eigenvalue weighted by molar-refractivity contribution is -0.133. The lowest BCUT2D eigenvalue weighted by Crippen LogP contribution is -2.42. The number of hydrogen-bond acceptors (Lipinski definition) is 2. The zero-order valence-corrected chi connectivity index (χ0v) is 12.3. The molecule has 5 heteroatoms. The lowest BCUT2D eigenvalue weighted by atomic mass is 10.2. The fourth-order valence-electron chi connectivity index (χ4n) is 1.96. The largest absolute Gasteiger partial charge is 0.345 e. The molecule has 0 spiro atoms. The van der Waals surface area contributed by atoms with Gasteiger partial charge in [0.25, 0.3) is 0 Å². The van der Waals surface area contributed by atoms with E-state index >= 15 is 0 Å². The summed E-state index contributed by atoms with van der Waals surface area (Å²) < 4.78 is 1.17. The molecular formula is C13H15IN2O2. The average Bonchev–Trinajstić information content (AvgIpc) is 2.46. The van der Waals surface area contributed by atoms with E-state index in [1.165, 1.54) is 3.57 Å². The highest BCUT2D eigenvalue weighted by Crippen LogP contribution is 2.12. The number of carbonyl (C=O) groups is 2. The zero-order chi connectivity index (χ0) is 13.1. The Morgan fingerprint density at radius 3 is 2.67 bits per heavy atom. The van der Waals surface area contributed by atoms with Crippen molar-refractivity contribution in [3.63, 3.8) is 0 Å². The molecule has 96 valence electrons. The summed E-state index contributed by atoms with van der Waals surface area (Å²) in [5, 5.41) is 2.69. The van der Waals surface area contributed by atoms with Crippen molar-refractivity contribution in [2.45, 2.75) is 25.9 Å². The normalized spacial score (nSPS) is 20.6. The number of nitrogens with zero attached hydrogens (tertiary/aromatic N) is 1. The molecule has 1 unspecified atom stereocenters. The lowest BCUT2D eigenvalue weighted by Gasteiger charge is -2.22. The highest BCUT2D eigenvalue weighted by atomic mass is 127. The van der Waals surface area contributed by atoms with Crippen LogP contribution in [0.1, 0.15) is 18.9 Å². The summed E-state index contributed by atoms with van der Waals surface area (Å²) >= 11 is 2.25. The molecule has 1 fully saturated rings. The van der Waals surface area contributed by atoms with Gasteiger partial charge in [-0.25, -0.2) is 0 Å². The minimum atomic E-state index is -0.427. The van der Waals surface area contributed by atoms with Crippen LogP contribution < -0.4 is 5.32 Å². The van der Waals surface area contributed by atoms with E-state index in [-0.39, 0.29) is 11.8 Å². The van der Waals surface area contributed by atoms with Crippen molar-refractivity contribution in [3.8, 4) is 0 Å². The van der Waals surface area contributed by atoms with E-state index in [0.29, 0.717) is 19.5 Å². The van der Waals surface area contributed by atoms with E-state index in [2.05, 4.69) is 27.9 Å². The first kappa shape index (κ1) is 13.3. The zero-order valence-electron chi connectivity index (χ0n) is 10.1. The summed E-state index contributed by atoms with van der Waals surface area (Å²) in [6, 6.07) is 7.64. The number of amides is 2. The Bertz CT molecular complexity index is 459. The molecule has 1 aromatic carbocycles. The summed E-state index contributed by atoms with van der Waals surface area (Å²) in [6.45, 7) is 2.78. The van der Waals surface area contributed by atoms with Gasteiger partial charge in [-0.05, 0) is 47.2 Å². The maximum Gasteiger partial charge on any atom is 0.245 e. The second kappa shape index (κ2) is 5.69. The minimum absolute atomic E-state index is 0.0144. The molecule has 0 aromatic heterocycles. The summed E-state index contributed by atoms with van der Waals surface area (Å²) in [6.07, 6.45) is 0.375. The smallest absolute Gasteiger partial charge is 0.245 e. The predicted molar refractivity (Wildman–Crippen MR) is 76.8 cm³/mol. The molecule has 0 saturated carbocycles. The van der Waals surface area contributed by atoms with Crippen molar-refractivity contribution in [1.82, 2.24) is 10.2 Å². The van der Waals surface area contributed by atoms with Crippen LogP contribution in [-0.2, 0) is 16.1 Å². The Morgan fingerprint density at radius 2 is 2.00 bits per heavy atom. The number of benzene rings is 1. The Morgan fingerprint density at radius 1 is 1.33 bits per heavy atom. The Labute approximate surface area is 120 Å². The van der Waals surface area contributed by atoms with Crippen LogP contribution in [0.4, 0.5) is 0 Å². The molecule has 0 aliphatic carbocycles. The van der Waals surface area contributed by atoms with Crippen LogP contribution in [0.15, 0.2) is 24.3 Å². The fraction of sp³-hybridized carbons (Fsp3) is 0.385. The third-order valence-electron chi connectivity index (χ3n) is 2.96. The number of halogens is 1. The first-order chi connectivity index (χ1) is 8.56. The van der Waals surface area contributed by atoms with Crippen molar-refractivity contribution >= 4 is 34.4 Å². The first-order valence-corrected chi connectivity index (χ1v) is 6.97. The van der Waals surface area contributed by atoms with E-state index in [1.807, 2.05) is 24.3 Å². The van der Waals surface area contributed by atoms with Gasteiger partial charge in [-0.2, -0.15) is 0 Å². The highest BCUT2D eigenvalue weighted by Gasteiger charge is 2.26. The fourth-order valence-corrected chi connectivity index (χ4v) is 2.32. The van der Waals surface area contributed by atoms with Crippen LogP contribution >= 0.6 is 22.6 Å². The van der Waals surface area contributed by atoms with Gasteiger partial charge in [0, 0.05) is 23.1 Å². The maximum absolute atomic E-state index is 12.1. The number of carbonyl (C=O) groups excluding carboxylic acids is 2. The van der Waals surface area contributed by atoms with E-state index in [9.17, 15) is 9.59 Å². The highest BCUT2D eigenvalue weighted by molar-refractivity contribution is 14.1. The van der Waals surface area contributed by atoms with E-state index in [0.717, 1.165) is 5.56 Å². The van der Waals surface area contributed by atoms with Crippen LogP contribution in [0, 0.1) is 3.57 Å².